The van der Waals surface area contributed by atoms with E-state index in [0.717, 1.165) is 11.1 Å². The first-order chi connectivity index (χ1) is 8.56. The Bertz CT molecular complexity index is 591. The van der Waals surface area contributed by atoms with Crippen molar-refractivity contribution < 1.29 is 9.90 Å². The van der Waals surface area contributed by atoms with Gasteiger partial charge < -0.3 is 10.4 Å². The second-order valence-corrected chi connectivity index (χ2v) is 4.32. The van der Waals surface area contributed by atoms with Crippen LogP contribution in [-0.2, 0) is 0 Å². The number of anilines is 1. The second kappa shape index (κ2) is 4.92. The van der Waals surface area contributed by atoms with Gasteiger partial charge in [-0.3, -0.25) is 4.79 Å². The molecule has 0 atom stereocenters. The van der Waals surface area contributed by atoms with Crippen molar-refractivity contribution in [3.8, 4) is 5.75 Å². The largest absolute Gasteiger partial charge is 0.508 e. The van der Waals surface area contributed by atoms with Gasteiger partial charge >= 0.3 is 0 Å². The van der Waals surface area contributed by atoms with Crippen LogP contribution in [0.3, 0.4) is 0 Å². The van der Waals surface area contributed by atoms with Gasteiger partial charge in [0.25, 0.3) is 5.91 Å². The van der Waals surface area contributed by atoms with Crippen molar-refractivity contribution in [3.63, 3.8) is 0 Å². The van der Waals surface area contributed by atoms with E-state index in [2.05, 4.69) is 5.32 Å². The molecule has 0 fully saturated rings. The first-order valence-corrected chi connectivity index (χ1v) is 5.74. The van der Waals surface area contributed by atoms with Crippen LogP contribution in [0, 0.1) is 13.8 Å². The lowest BCUT2D eigenvalue weighted by Crippen LogP contribution is -2.11. The van der Waals surface area contributed by atoms with Crippen LogP contribution in [0.5, 0.6) is 5.75 Å². The van der Waals surface area contributed by atoms with E-state index in [1.54, 1.807) is 24.3 Å². The van der Waals surface area contributed by atoms with Crippen molar-refractivity contribution in [2.45, 2.75) is 13.8 Å². The third-order valence-electron chi connectivity index (χ3n) is 2.75. The topological polar surface area (TPSA) is 49.3 Å². The van der Waals surface area contributed by atoms with Crippen molar-refractivity contribution in [1.82, 2.24) is 0 Å². The standard InChI is InChI=1S/C15H15NO2/c1-10-4-3-5-12(8-10)15(18)16-13-7-6-11(2)14(17)9-13/h3-9,17H,1-2H3,(H,16,18). The van der Waals surface area contributed by atoms with Gasteiger partial charge in [-0.2, -0.15) is 0 Å². The minimum Gasteiger partial charge on any atom is -0.508 e. The van der Waals surface area contributed by atoms with Gasteiger partial charge in [-0.1, -0.05) is 23.8 Å². The highest BCUT2D eigenvalue weighted by Gasteiger charge is 2.06. The van der Waals surface area contributed by atoms with Gasteiger partial charge in [0.1, 0.15) is 5.75 Å². The fraction of sp³-hybridized carbons (Fsp3) is 0.133. The molecule has 0 saturated heterocycles. The molecule has 0 radical (unpaired) electrons. The maximum absolute atomic E-state index is 12.0. The Morgan fingerprint density at radius 1 is 1.11 bits per heavy atom. The third-order valence-corrected chi connectivity index (χ3v) is 2.75. The molecule has 0 saturated carbocycles. The van der Waals surface area contributed by atoms with Crippen LogP contribution in [0.2, 0.25) is 0 Å². The Hall–Kier alpha value is -2.29. The van der Waals surface area contributed by atoms with Crippen LogP contribution >= 0.6 is 0 Å². The zero-order valence-electron chi connectivity index (χ0n) is 10.4. The molecule has 18 heavy (non-hydrogen) atoms. The molecule has 3 nitrogen and oxygen atoms in total. The summed E-state index contributed by atoms with van der Waals surface area (Å²) in [6.07, 6.45) is 0. The first kappa shape index (κ1) is 12.2. The average molecular weight is 241 g/mol. The summed E-state index contributed by atoms with van der Waals surface area (Å²) in [4.78, 5) is 12.0. The van der Waals surface area contributed by atoms with Crippen LogP contribution in [0.4, 0.5) is 5.69 Å². The highest BCUT2D eigenvalue weighted by Crippen LogP contribution is 2.21. The summed E-state index contributed by atoms with van der Waals surface area (Å²) in [5, 5.41) is 12.3. The van der Waals surface area contributed by atoms with Gasteiger partial charge in [0.05, 0.1) is 0 Å². The molecule has 0 spiro atoms. The lowest BCUT2D eigenvalue weighted by atomic mass is 10.1. The maximum atomic E-state index is 12.0. The summed E-state index contributed by atoms with van der Waals surface area (Å²) in [7, 11) is 0. The van der Waals surface area contributed by atoms with E-state index >= 15 is 0 Å². The number of aromatic hydroxyl groups is 1. The van der Waals surface area contributed by atoms with E-state index in [0.29, 0.717) is 11.3 Å². The SMILES string of the molecule is Cc1cccc(C(=O)Nc2ccc(C)c(O)c2)c1. The van der Waals surface area contributed by atoms with Crippen LogP contribution in [-0.4, -0.2) is 11.0 Å². The molecular weight excluding hydrogens is 226 g/mol. The zero-order valence-corrected chi connectivity index (χ0v) is 10.4. The predicted molar refractivity (Wildman–Crippen MR) is 72.0 cm³/mol. The smallest absolute Gasteiger partial charge is 0.255 e. The molecule has 0 aromatic heterocycles. The molecule has 2 rings (SSSR count). The predicted octanol–water partition coefficient (Wildman–Crippen LogP) is 3.26. The highest BCUT2D eigenvalue weighted by atomic mass is 16.3. The molecule has 3 heteroatoms. The minimum atomic E-state index is -0.179. The zero-order chi connectivity index (χ0) is 13.1. The number of rotatable bonds is 2. The van der Waals surface area contributed by atoms with E-state index in [4.69, 9.17) is 0 Å². The van der Waals surface area contributed by atoms with Crippen molar-refractivity contribution in [1.29, 1.82) is 0 Å². The summed E-state index contributed by atoms with van der Waals surface area (Å²) in [5.74, 6) is -0.000930. The molecule has 0 aliphatic heterocycles. The molecule has 0 heterocycles. The lowest BCUT2D eigenvalue weighted by molar-refractivity contribution is 0.102. The number of phenols is 1. The minimum absolute atomic E-state index is 0.178. The summed E-state index contributed by atoms with van der Waals surface area (Å²) in [5.41, 5.74) is 3.01. The molecule has 2 aromatic rings. The molecule has 0 aliphatic rings. The van der Waals surface area contributed by atoms with Gasteiger partial charge in [0.2, 0.25) is 0 Å². The summed E-state index contributed by atoms with van der Waals surface area (Å²) >= 11 is 0. The Morgan fingerprint density at radius 3 is 2.56 bits per heavy atom. The Kier molecular flexibility index (Phi) is 3.33. The van der Waals surface area contributed by atoms with Crippen molar-refractivity contribution in [3.05, 3.63) is 59.2 Å². The lowest BCUT2D eigenvalue weighted by Gasteiger charge is -2.07. The molecule has 0 aliphatic carbocycles. The van der Waals surface area contributed by atoms with Gasteiger partial charge in [0.15, 0.2) is 0 Å². The average Bonchev–Trinajstić information content (AvgIpc) is 2.34. The molecule has 0 unspecified atom stereocenters. The van der Waals surface area contributed by atoms with Crippen LogP contribution < -0.4 is 5.32 Å². The first-order valence-electron chi connectivity index (χ1n) is 5.74. The van der Waals surface area contributed by atoms with Crippen molar-refractivity contribution in [2.24, 2.45) is 0 Å². The fourth-order valence-electron chi connectivity index (χ4n) is 1.68. The van der Waals surface area contributed by atoms with E-state index < -0.39 is 0 Å². The molecular formula is C15H15NO2. The van der Waals surface area contributed by atoms with Gasteiger partial charge in [0, 0.05) is 17.3 Å². The van der Waals surface area contributed by atoms with Crippen LogP contribution in [0.1, 0.15) is 21.5 Å². The van der Waals surface area contributed by atoms with Gasteiger partial charge in [-0.25, -0.2) is 0 Å². The molecule has 92 valence electrons. The van der Waals surface area contributed by atoms with Crippen LogP contribution in [0.25, 0.3) is 0 Å². The van der Waals surface area contributed by atoms with E-state index in [-0.39, 0.29) is 11.7 Å². The normalized spacial score (nSPS) is 10.1. The summed E-state index contributed by atoms with van der Waals surface area (Å²) in [6, 6.07) is 12.4. The fourth-order valence-corrected chi connectivity index (χ4v) is 1.68. The number of aryl methyl sites for hydroxylation is 2. The summed E-state index contributed by atoms with van der Waals surface area (Å²) < 4.78 is 0. The molecule has 0 bridgehead atoms. The number of nitrogens with one attached hydrogen (secondary N) is 1. The molecule has 1 amide bonds. The van der Waals surface area contributed by atoms with Gasteiger partial charge in [-0.05, 0) is 37.6 Å². The van der Waals surface area contributed by atoms with Gasteiger partial charge in [-0.15, -0.1) is 0 Å². The van der Waals surface area contributed by atoms with E-state index in [1.165, 1.54) is 0 Å². The highest BCUT2D eigenvalue weighted by molar-refractivity contribution is 6.04. The molecule has 2 N–H and O–H groups in total. The monoisotopic (exact) mass is 241 g/mol. The number of hydrogen-bond donors (Lipinski definition) is 2. The third kappa shape index (κ3) is 2.69. The Balaban J connectivity index is 2.18. The van der Waals surface area contributed by atoms with Crippen molar-refractivity contribution >= 4 is 11.6 Å². The molecule has 2 aromatic carbocycles. The van der Waals surface area contributed by atoms with E-state index in [1.807, 2.05) is 32.0 Å². The summed E-state index contributed by atoms with van der Waals surface area (Å²) in [6.45, 7) is 3.75. The Labute approximate surface area is 106 Å². The second-order valence-electron chi connectivity index (χ2n) is 4.32. The number of phenolic OH excluding ortho intramolecular Hbond substituents is 1. The quantitative estimate of drug-likeness (QED) is 0.847. The van der Waals surface area contributed by atoms with E-state index in [9.17, 15) is 9.90 Å². The number of carbonyl (C=O) groups is 1. The maximum Gasteiger partial charge on any atom is 0.255 e. The van der Waals surface area contributed by atoms with Crippen LogP contribution in [0.15, 0.2) is 42.5 Å². The number of amides is 1. The Morgan fingerprint density at radius 2 is 1.89 bits per heavy atom. The van der Waals surface area contributed by atoms with Crippen molar-refractivity contribution in [2.75, 3.05) is 5.32 Å². The number of benzene rings is 2. The number of hydrogen-bond acceptors (Lipinski definition) is 2. The number of carbonyl (C=O) groups excluding carboxylic acids is 1.